The molecule has 0 fully saturated rings. The Balaban J connectivity index is 0.000000160. The molecule has 0 bridgehead atoms. The van der Waals surface area contributed by atoms with Gasteiger partial charge in [-0.05, 0) is 245 Å². The maximum Gasteiger partial charge on any atom is 0.148 e. The molecule has 0 radical (unpaired) electrons. The first-order chi connectivity index (χ1) is 66.6. The SMILES string of the molecule is CC1(C)c2cc(N(c3ccccc3)c3ccc([Si](C)(C)C)cc3)ccc2-c2sc3c(c21)C(C)(C)c1cc(N(c2ccccc2)c2c(F)cc(-c4ccccc4)cc2-c2ccccc2)ccc1-3.CC1(C)c2cc(N(c3ccccc3)c3ccc([Si](C)(C)C)cc3)ccc2-c2sc3c(c21)C(C)(C)c1cc(N(c2ccccc2-c2ccccc2)c2c(F)cc(-c4ccccc4)cc2-c2ccccc2)ccc1-3. The van der Waals surface area contributed by atoms with Crippen LogP contribution in [0.15, 0.2) is 413 Å². The topological polar surface area (TPSA) is 13.0 Å². The van der Waals surface area contributed by atoms with Crippen LogP contribution in [0, 0.1) is 11.6 Å². The third-order valence-corrected chi connectivity index (χ3v) is 35.9. The minimum atomic E-state index is -1.48. The second-order valence-corrected chi connectivity index (χ2v) is 53.6. The molecular weight excluding hydrogens is 1750 g/mol. The fourth-order valence-corrected chi connectivity index (χ4v) is 27.9. The van der Waals surface area contributed by atoms with E-state index in [1.165, 1.54) is 96.6 Å². The Hall–Kier alpha value is -14.4. The number of anilines is 12. The first kappa shape index (κ1) is 88.9. The van der Waals surface area contributed by atoms with Crippen LogP contribution in [0.4, 0.5) is 77.0 Å². The van der Waals surface area contributed by atoms with Crippen LogP contribution in [0.25, 0.3) is 97.4 Å². The predicted molar refractivity (Wildman–Crippen MR) is 591 cm³/mol. The van der Waals surface area contributed by atoms with E-state index in [0.29, 0.717) is 11.4 Å². The van der Waals surface area contributed by atoms with E-state index in [1.54, 1.807) is 12.1 Å². The Morgan fingerprint density at radius 3 is 0.754 bits per heavy atom. The summed E-state index contributed by atoms with van der Waals surface area (Å²) < 4.78 is 35.2. The Morgan fingerprint density at radius 1 is 0.203 bits per heavy atom. The minimum absolute atomic E-state index is 0.249. The molecule has 0 spiro atoms. The number of hydrogen-bond acceptors (Lipinski definition) is 6. The Bertz CT molecular complexity index is 7880. The monoisotopic (exact) mass is 1860 g/mol. The zero-order chi connectivity index (χ0) is 95.1. The molecule has 2 heterocycles. The molecule has 0 saturated heterocycles. The molecule has 4 nitrogen and oxygen atoms in total. The van der Waals surface area contributed by atoms with Crippen LogP contribution in [0.3, 0.4) is 0 Å². The quantitative estimate of drug-likeness (QED) is 0.0748. The largest absolute Gasteiger partial charge is 0.310 e. The van der Waals surface area contributed by atoms with Gasteiger partial charge in [-0.15, -0.1) is 22.7 Å². The Morgan fingerprint density at radius 2 is 0.442 bits per heavy atom. The van der Waals surface area contributed by atoms with Crippen LogP contribution in [0.5, 0.6) is 0 Å². The molecule has 2 aromatic heterocycles. The molecule has 10 heteroatoms. The molecule has 17 aromatic carbocycles. The van der Waals surface area contributed by atoms with Crippen molar-refractivity contribution in [2.75, 3.05) is 19.6 Å². The van der Waals surface area contributed by atoms with Gasteiger partial charge in [-0.25, -0.2) is 8.78 Å². The van der Waals surface area contributed by atoms with Crippen LogP contribution in [0.2, 0.25) is 39.3 Å². The summed E-state index contributed by atoms with van der Waals surface area (Å²) >= 11 is 3.87. The molecule has 4 aliphatic rings. The highest BCUT2D eigenvalue weighted by atomic mass is 32.1. The molecule has 19 aromatic rings. The van der Waals surface area contributed by atoms with Crippen molar-refractivity contribution in [3.63, 3.8) is 0 Å². The summed E-state index contributed by atoms with van der Waals surface area (Å²) in [5.41, 5.74) is 35.7. The molecule has 0 N–H and O–H groups in total. The van der Waals surface area contributed by atoms with Crippen molar-refractivity contribution in [3.8, 4) is 97.4 Å². The van der Waals surface area contributed by atoms with Crippen molar-refractivity contribution in [1.82, 2.24) is 0 Å². The van der Waals surface area contributed by atoms with Crippen molar-refractivity contribution in [3.05, 3.63) is 469 Å². The van der Waals surface area contributed by atoms with Gasteiger partial charge in [-0.3, -0.25) is 0 Å². The second kappa shape index (κ2) is 34.4. The number of nitrogens with zero attached hydrogens (tertiary/aromatic N) is 4. The second-order valence-electron chi connectivity index (χ2n) is 41.4. The van der Waals surface area contributed by atoms with Crippen molar-refractivity contribution in [2.45, 2.75) is 116 Å². The zero-order valence-corrected chi connectivity index (χ0v) is 84.3. The number of halogens is 2. The predicted octanol–water partition coefficient (Wildman–Crippen LogP) is 36.3. The van der Waals surface area contributed by atoms with Crippen LogP contribution >= 0.6 is 22.7 Å². The molecule has 0 unspecified atom stereocenters. The molecule has 0 aliphatic heterocycles. The lowest BCUT2D eigenvalue weighted by Crippen LogP contribution is -2.37. The summed E-state index contributed by atoms with van der Waals surface area (Å²) in [5, 5.41) is 2.91. The maximum atomic E-state index is 17.9. The summed E-state index contributed by atoms with van der Waals surface area (Å²) in [7, 11) is -2.94. The van der Waals surface area contributed by atoms with Crippen LogP contribution in [-0.2, 0) is 21.7 Å². The van der Waals surface area contributed by atoms with Crippen LogP contribution in [0.1, 0.15) is 99.9 Å². The van der Waals surface area contributed by atoms with Crippen molar-refractivity contribution < 1.29 is 8.78 Å². The lowest BCUT2D eigenvalue weighted by atomic mass is 9.74. The summed E-state index contributed by atoms with van der Waals surface area (Å²) in [4.78, 5) is 14.5. The molecule has 138 heavy (non-hydrogen) atoms. The highest BCUT2D eigenvalue weighted by Crippen LogP contribution is 2.68. The van der Waals surface area contributed by atoms with Gasteiger partial charge in [0.15, 0.2) is 0 Å². The molecule has 23 rings (SSSR count). The van der Waals surface area contributed by atoms with Crippen LogP contribution < -0.4 is 30.0 Å². The van der Waals surface area contributed by atoms with Gasteiger partial charge in [0.25, 0.3) is 0 Å². The summed E-state index contributed by atoms with van der Waals surface area (Å²) in [6, 6.07) is 146. The summed E-state index contributed by atoms with van der Waals surface area (Å²) in [6.45, 7) is 33.7. The third kappa shape index (κ3) is 15.3. The van der Waals surface area contributed by atoms with Gasteiger partial charge in [0.05, 0.1) is 33.2 Å². The average Bonchev–Trinajstić information content (AvgIpc) is 1.52. The van der Waals surface area contributed by atoms with Crippen molar-refractivity contribution in [2.24, 2.45) is 0 Å². The van der Waals surface area contributed by atoms with Gasteiger partial charge >= 0.3 is 0 Å². The number of benzene rings is 17. The van der Waals surface area contributed by atoms with E-state index >= 15 is 8.78 Å². The van der Waals surface area contributed by atoms with Crippen LogP contribution in [-0.4, -0.2) is 16.1 Å². The van der Waals surface area contributed by atoms with Gasteiger partial charge < -0.3 is 19.6 Å². The highest BCUT2D eigenvalue weighted by molar-refractivity contribution is 7.20. The Labute approximate surface area is 821 Å². The molecule has 0 atom stereocenters. The maximum absolute atomic E-state index is 17.9. The Kier molecular flexibility index (Phi) is 22.2. The molecule has 0 saturated carbocycles. The average molecular weight is 1860 g/mol. The van der Waals surface area contributed by atoms with Gasteiger partial charge in [-0.2, -0.15) is 0 Å². The fourth-order valence-electron chi connectivity index (χ4n) is 22.2. The number of hydrogen-bond donors (Lipinski definition) is 0. The molecule has 4 aliphatic carbocycles. The summed E-state index contributed by atoms with van der Waals surface area (Å²) in [6.07, 6.45) is 0. The highest BCUT2D eigenvalue weighted by Gasteiger charge is 2.51. The third-order valence-electron chi connectivity index (χ3n) is 29.2. The van der Waals surface area contributed by atoms with E-state index in [2.05, 4.69) is 405 Å². The van der Waals surface area contributed by atoms with Gasteiger partial charge in [-0.1, -0.05) is 378 Å². The van der Waals surface area contributed by atoms with Crippen molar-refractivity contribution in [1.29, 1.82) is 0 Å². The molecule has 676 valence electrons. The molecule has 0 amide bonds. The fraction of sp³-hybridized carbons (Fsp3) is 0.141. The minimum Gasteiger partial charge on any atom is -0.310 e. The van der Waals surface area contributed by atoms with Gasteiger partial charge in [0.2, 0.25) is 0 Å². The van der Waals surface area contributed by atoms with E-state index < -0.39 is 16.1 Å². The van der Waals surface area contributed by atoms with E-state index in [9.17, 15) is 0 Å². The smallest absolute Gasteiger partial charge is 0.148 e. The standard InChI is InChI=1S/C67H57FN2SSi.C61H53FN2SSi/c1-66(2)57-42-50(69(48-28-18-11-19-29-48)49-32-36-52(37-33-49)72(5,6)7)34-38-54(57)64-61(66)62-65(71-64)55-39-35-51(43-58(55)67(62,3)4)70(60-31-21-20-30-53(60)45-24-14-9-15-25-45)63-56(46-26-16-10-17-27-46)40-47(41-59(63)68)44-22-12-8-13-23-44;1-60(2)52-38-46(63(43-24-16-10-17-25-43)45-28-32-48(33-29-45)66(5,6)7)30-34-49(52)58-55(60)56-59(65-58)50-35-31-47(39-53(50)61(56,3)4)64(44-26-18-11-19-27-44)57-51(41-22-14-9-15-23-41)36-42(37-54(57)62)40-20-12-8-13-21-40/h8-43H,1-7H3;8-39H,1-7H3. The van der Waals surface area contributed by atoms with Crippen molar-refractivity contribution >= 4 is 117 Å². The summed E-state index contributed by atoms with van der Waals surface area (Å²) in [5.74, 6) is -0.563. The van der Waals surface area contributed by atoms with Gasteiger partial charge in [0, 0.05) is 109 Å². The number of rotatable bonds is 19. The molecular formula is C128H110F2N4S2Si2. The van der Waals surface area contributed by atoms with E-state index in [0.717, 1.165) is 113 Å². The first-order valence-corrected chi connectivity index (χ1v) is 56.8. The normalized spacial score (nSPS) is 13.9. The lowest BCUT2D eigenvalue weighted by Gasteiger charge is -2.32. The zero-order valence-electron chi connectivity index (χ0n) is 80.6. The number of thiophene rings is 2. The number of fused-ring (bicyclic) bond motifs is 14. The van der Waals surface area contributed by atoms with E-state index in [1.807, 2.05) is 132 Å². The number of para-hydroxylation sites is 4. The van der Waals surface area contributed by atoms with E-state index in [-0.39, 0.29) is 33.3 Å². The van der Waals surface area contributed by atoms with Gasteiger partial charge in [0.1, 0.15) is 11.6 Å². The lowest BCUT2D eigenvalue weighted by molar-refractivity contribution is 0.603. The van der Waals surface area contributed by atoms with E-state index in [4.69, 9.17) is 0 Å². The first-order valence-electron chi connectivity index (χ1n) is 48.1.